The summed E-state index contributed by atoms with van der Waals surface area (Å²) in [7, 11) is -8.51. The number of rotatable bonds is 5. The first-order valence-electron chi connectivity index (χ1n) is 10.7. The Morgan fingerprint density at radius 2 is 1.39 bits per heavy atom. The van der Waals surface area contributed by atoms with Gasteiger partial charge in [0.05, 0.1) is 0 Å². The van der Waals surface area contributed by atoms with Gasteiger partial charge in [0.2, 0.25) is 0 Å². The smallest absolute Gasteiger partial charge is 0.488 e. The van der Waals surface area contributed by atoms with Gasteiger partial charge in [0.15, 0.2) is 0 Å². The van der Waals surface area contributed by atoms with Crippen LogP contribution in [-0.2, 0) is 13.7 Å². The number of benzene rings is 2. The van der Waals surface area contributed by atoms with E-state index in [1.54, 1.807) is 30.3 Å². The average Bonchev–Trinajstić information content (AvgIpc) is 3.06. The van der Waals surface area contributed by atoms with Crippen molar-refractivity contribution in [2.24, 2.45) is 0 Å². The lowest BCUT2D eigenvalue weighted by atomic mass is 10.1. The summed E-state index contributed by atoms with van der Waals surface area (Å²) in [4.78, 5) is 0.462. The van der Waals surface area contributed by atoms with E-state index in [0.29, 0.717) is 40.0 Å². The van der Waals surface area contributed by atoms with Gasteiger partial charge >= 0.3 is 15.6 Å². The summed E-state index contributed by atoms with van der Waals surface area (Å²) in [5, 5.41) is 1.24. The second-order valence-corrected chi connectivity index (χ2v) is 14.9. The van der Waals surface area contributed by atoms with Crippen LogP contribution >= 0.6 is 10.3 Å². The summed E-state index contributed by atoms with van der Waals surface area (Å²) in [5.74, 6) is 1.55. The molecule has 10 heteroatoms. The van der Waals surface area contributed by atoms with Gasteiger partial charge in [-0.05, 0) is 84.7 Å². The fourth-order valence-electron chi connectivity index (χ4n) is 3.74. The molecule has 0 spiro atoms. The fourth-order valence-corrected chi connectivity index (χ4v) is 9.13. The van der Waals surface area contributed by atoms with Crippen LogP contribution in [0.4, 0.5) is 13.2 Å². The van der Waals surface area contributed by atoms with Crippen LogP contribution in [0.1, 0.15) is 54.4 Å². The molecule has 1 fully saturated rings. The topological polar surface area (TPSA) is 61.8 Å². The standard InChI is InChI=1S/C23H31F3O5S2/c1-21(2,3)29-16-9-10-17-18(15-16)20(12-11-19(17)30-22(4,5)6)32(13-7-8-14-32)31-33(27,28)23(24,25)26/h9-12,15H,7-8,13-14H2,1-6H3. The van der Waals surface area contributed by atoms with E-state index in [9.17, 15) is 21.6 Å². The maximum Gasteiger partial charge on any atom is 0.523 e. The minimum Gasteiger partial charge on any atom is -0.488 e. The quantitative estimate of drug-likeness (QED) is 0.410. The second kappa shape index (κ2) is 8.53. The molecule has 0 aliphatic carbocycles. The minimum atomic E-state index is -5.76. The Labute approximate surface area is 195 Å². The van der Waals surface area contributed by atoms with E-state index in [1.165, 1.54) is 0 Å². The third-order valence-electron chi connectivity index (χ3n) is 4.85. The Morgan fingerprint density at radius 3 is 1.91 bits per heavy atom. The molecule has 5 nitrogen and oxygen atoms in total. The zero-order valence-corrected chi connectivity index (χ0v) is 21.3. The number of hydrogen-bond acceptors (Lipinski definition) is 5. The van der Waals surface area contributed by atoms with Gasteiger partial charge in [0, 0.05) is 27.2 Å². The monoisotopic (exact) mass is 508 g/mol. The third kappa shape index (κ3) is 5.89. The van der Waals surface area contributed by atoms with Gasteiger partial charge < -0.3 is 9.47 Å². The van der Waals surface area contributed by atoms with E-state index in [1.807, 2.05) is 41.5 Å². The van der Waals surface area contributed by atoms with Crippen LogP contribution in [0.25, 0.3) is 10.8 Å². The van der Waals surface area contributed by atoms with Crippen molar-refractivity contribution < 1.29 is 34.7 Å². The first-order chi connectivity index (χ1) is 14.9. The van der Waals surface area contributed by atoms with Crippen molar-refractivity contribution in [1.29, 1.82) is 0 Å². The van der Waals surface area contributed by atoms with Crippen LogP contribution in [-0.4, -0.2) is 36.6 Å². The summed E-state index contributed by atoms with van der Waals surface area (Å²) < 4.78 is 81.0. The van der Waals surface area contributed by atoms with Gasteiger partial charge in [-0.15, -0.1) is 0 Å². The lowest BCUT2D eigenvalue weighted by molar-refractivity contribution is -0.0496. The predicted octanol–water partition coefficient (Wildman–Crippen LogP) is 6.93. The summed E-state index contributed by atoms with van der Waals surface area (Å²) in [6.07, 6.45) is 1.17. The molecule has 1 heterocycles. The summed E-state index contributed by atoms with van der Waals surface area (Å²) in [6, 6.07) is 8.64. The maximum absolute atomic E-state index is 13.2. The molecule has 0 N–H and O–H groups in total. The highest BCUT2D eigenvalue weighted by Crippen LogP contribution is 2.65. The summed E-state index contributed by atoms with van der Waals surface area (Å²) >= 11 is 0. The molecule has 1 aliphatic rings. The molecule has 2 aromatic rings. The number of halogens is 3. The summed E-state index contributed by atoms with van der Waals surface area (Å²) in [6.45, 7) is 11.4. The number of ether oxygens (including phenoxy) is 2. The molecule has 2 aromatic carbocycles. The van der Waals surface area contributed by atoms with Gasteiger partial charge in [-0.2, -0.15) is 21.6 Å². The Morgan fingerprint density at radius 1 is 0.818 bits per heavy atom. The SMILES string of the molecule is CC(C)(C)Oc1ccc2c(OC(C)(C)C)ccc(S3(OS(=O)(=O)C(F)(F)F)CCCC3)c2c1. The Kier molecular flexibility index (Phi) is 6.71. The second-order valence-electron chi connectivity index (χ2n) is 10.1. The number of alkyl halides is 3. The van der Waals surface area contributed by atoms with Crippen LogP contribution in [0.3, 0.4) is 0 Å². The maximum atomic E-state index is 13.2. The first-order valence-corrected chi connectivity index (χ1v) is 14.0. The van der Waals surface area contributed by atoms with E-state index >= 15 is 0 Å². The van der Waals surface area contributed by atoms with Gasteiger partial charge in [0.1, 0.15) is 22.7 Å². The van der Waals surface area contributed by atoms with Crippen LogP contribution in [0, 0.1) is 0 Å². The molecule has 0 saturated carbocycles. The van der Waals surface area contributed by atoms with Gasteiger partial charge in [-0.1, -0.05) is 10.3 Å². The molecule has 33 heavy (non-hydrogen) atoms. The fraction of sp³-hybridized carbons (Fsp3) is 0.565. The first kappa shape index (κ1) is 26.0. The molecule has 0 amide bonds. The van der Waals surface area contributed by atoms with Crippen molar-refractivity contribution in [3.05, 3.63) is 30.3 Å². The average molecular weight is 509 g/mol. The lowest BCUT2D eigenvalue weighted by Crippen LogP contribution is -2.28. The van der Waals surface area contributed by atoms with Gasteiger partial charge in [0.25, 0.3) is 0 Å². The Bertz CT molecular complexity index is 1120. The molecule has 0 atom stereocenters. The van der Waals surface area contributed by atoms with Crippen LogP contribution in [0.2, 0.25) is 0 Å². The molecule has 186 valence electrons. The van der Waals surface area contributed by atoms with Gasteiger partial charge in [-0.3, -0.25) is 0 Å². The molecule has 0 aromatic heterocycles. The van der Waals surface area contributed by atoms with E-state index in [4.69, 9.17) is 13.1 Å². The minimum absolute atomic E-state index is 0.237. The Balaban J connectivity index is 2.25. The van der Waals surface area contributed by atoms with E-state index in [0.717, 1.165) is 0 Å². The van der Waals surface area contributed by atoms with Crippen molar-refractivity contribution in [3.8, 4) is 11.5 Å². The molecule has 1 saturated heterocycles. The molecule has 0 bridgehead atoms. The van der Waals surface area contributed by atoms with Crippen LogP contribution in [0.5, 0.6) is 11.5 Å². The highest BCUT2D eigenvalue weighted by atomic mass is 32.3. The lowest BCUT2D eigenvalue weighted by Gasteiger charge is -2.36. The third-order valence-corrected chi connectivity index (χ3v) is 10.2. The normalized spacial score (nSPS) is 18.3. The zero-order valence-electron chi connectivity index (χ0n) is 19.7. The molecule has 0 radical (unpaired) electrons. The highest BCUT2D eigenvalue weighted by Gasteiger charge is 2.52. The molecular formula is C23H31F3O5S2. The molecule has 1 aliphatic heterocycles. The molecule has 0 unspecified atom stereocenters. The van der Waals surface area contributed by atoms with E-state index in [-0.39, 0.29) is 11.5 Å². The van der Waals surface area contributed by atoms with Crippen molar-refractivity contribution in [2.45, 2.75) is 76.0 Å². The van der Waals surface area contributed by atoms with E-state index in [2.05, 4.69) is 0 Å². The van der Waals surface area contributed by atoms with E-state index < -0.39 is 37.1 Å². The number of hydrogen-bond donors (Lipinski definition) is 0. The Hall–Kier alpha value is -1.65. The predicted molar refractivity (Wildman–Crippen MR) is 126 cm³/mol. The van der Waals surface area contributed by atoms with Crippen molar-refractivity contribution in [3.63, 3.8) is 0 Å². The van der Waals surface area contributed by atoms with Crippen LogP contribution < -0.4 is 9.47 Å². The zero-order chi connectivity index (χ0) is 24.9. The molecule has 3 rings (SSSR count). The highest BCUT2D eigenvalue weighted by molar-refractivity contribution is 8.33. The van der Waals surface area contributed by atoms with Crippen molar-refractivity contribution >= 4 is 31.2 Å². The van der Waals surface area contributed by atoms with Crippen LogP contribution in [0.15, 0.2) is 35.2 Å². The largest absolute Gasteiger partial charge is 0.523 e. The van der Waals surface area contributed by atoms with Crippen molar-refractivity contribution in [1.82, 2.24) is 0 Å². The summed E-state index contributed by atoms with van der Waals surface area (Å²) in [5.41, 5.74) is -6.49. The number of fused-ring (bicyclic) bond motifs is 1. The molecular weight excluding hydrogens is 477 g/mol. The van der Waals surface area contributed by atoms with Gasteiger partial charge in [-0.25, -0.2) is 3.63 Å². The van der Waals surface area contributed by atoms with Crippen molar-refractivity contribution in [2.75, 3.05) is 11.5 Å².